The van der Waals surface area contributed by atoms with Crippen molar-refractivity contribution in [3.8, 4) is 17.1 Å². The average Bonchev–Trinajstić information content (AvgIpc) is 3.09. The zero-order valence-corrected chi connectivity index (χ0v) is 14.0. The molecule has 8 heteroatoms. The van der Waals surface area contributed by atoms with Gasteiger partial charge in [-0.2, -0.15) is 4.98 Å². The first kappa shape index (κ1) is 17.9. The van der Waals surface area contributed by atoms with Crippen LogP contribution in [0.25, 0.3) is 11.4 Å². The summed E-state index contributed by atoms with van der Waals surface area (Å²) in [5, 5.41) is 9.72. The van der Waals surface area contributed by atoms with Gasteiger partial charge in [0, 0.05) is 19.2 Å². The lowest BCUT2D eigenvalue weighted by molar-refractivity contribution is -0.121. The molecule has 1 atom stereocenters. The third-order valence-corrected chi connectivity index (χ3v) is 3.29. The van der Waals surface area contributed by atoms with Gasteiger partial charge in [-0.1, -0.05) is 17.3 Å². The first-order valence-corrected chi connectivity index (χ1v) is 7.61. The molecule has 1 heterocycles. The number of rotatable bonds is 9. The number of nitrogens with zero attached hydrogens (tertiary/aromatic N) is 2. The Morgan fingerprint density at radius 3 is 2.96 bits per heavy atom. The molecule has 8 nitrogen and oxygen atoms in total. The zero-order chi connectivity index (χ0) is 17.4. The van der Waals surface area contributed by atoms with Crippen LogP contribution in [0.15, 0.2) is 28.8 Å². The fraction of sp³-hybridized carbons (Fsp3) is 0.438. The molecule has 0 aliphatic rings. The summed E-state index contributed by atoms with van der Waals surface area (Å²) in [5.41, 5.74) is 0.782. The molecule has 1 aromatic heterocycles. The monoisotopic (exact) mass is 334 g/mol. The highest BCUT2D eigenvalue weighted by atomic mass is 16.5. The van der Waals surface area contributed by atoms with Gasteiger partial charge in [-0.05, 0) is 19.1 Å². The standard InChI is InChI=1S/C16H22N4O4/c1-11(18-14(21)10-17-7-8-22-2)16-19-15(20-24-16)12-5-4-6-13(9-12)23-3/h4-6,9,11,17H,7-8,10H2,1-3H3,(H,18,21). The van der Waals surface area contributed by atoms with Gasteiger partial charge in [0.1, 0.15) is 11.8 Å². The molecule has 130 valence electrons. The first-order valence-electron chi connectivity index (χ1n) is 7.61. The van der Waals surface area contributed by atoms with Crippen molar-refractivity contribution in [2.45, 2.75) is 13.0 Å². The molecule has 1 unspecified atom stereocenters. The van der Waals surface area contributed by atoms with E-state index in [1.54, 1.807) is 21.1 Å². The molecule has 0 saturated carbocycles. The lowest BCUT2D eigenvalue weighted by Crippen LogP contribution is -2.36. The second kappa shape index (κ2) is 8.99. The molecule has 0 aliphatic carbocycles. The van der Waals surface area contributed by atoms with Crippen molar-refractivity contribution in [2.24, 2.45) is 0 Å². The number of carbonyl (C=O) groups excluding carboxylic acids is 1. The molecule has 1 amide bonds. The third-order valence-electron chi connectivity index (χ3n) is 3.29. The van der Waals surface area contributed by atoms with Gasteiger partial charge in [0.15, 0.2) is 0 Å². The highest BCUT2D eigenvalue weighted by Crippen LogP contribution is 2.22. The second-order valence-electron chi connectivity index (χ2n) is 5.15. The normalized spacial score (nSPS) is 12.0. The minimum atomic E-state index is -0.381. The Balaban J connectivity index is 1.93. The number of aromatic nitrogens is 2. The summed E-state index contributed by atoms with van der Waals surface area (Å²) in [5.74, 6) is 1.35. The molecule has 0 aliphatic heterocycles. The van der Waals surface area contributed by atoms with Crippen LogP contribution in [-0.4, -0.2) is 50.0 Å². The Morgan fingerprint density at radius 2 is 2.21 bits per heavy atom. The zero-order valence-electron chi connectivity index (χ0n) is 14.0. The van der Waals surface area contributed by atoms with Gasteiger partial charge < -0.3 is 24.6 Å². The van der Waals surface area contributed by atoms with E-state index in [0.29, 0.717) is 30.6 Å². The van der Waals surface area contributed by atoms with E-state index in [-0.39, 0.29) is 18.5 Å². The smallest absolute Gasteiger partial charge is 0.249 e. The number of ether oxygens (including phenoxy) is 2. The molecule has 0 saturated heterocycles. The predicted octanol–water partition coefficient (Wildman–Crippen LogP) is 1.16. The highest BCUT2D eigenvalue weighted by Gasteiger charge is 2.17. The summed E-state index contributed by atoms with van der Waals surface area (Å²) in [4.78, 5) is 16.2. The molecule has 2 aromatic rings. The van der Waals surface area contributed by atoms with E-state index < -0.39 is 0 Å². The SMILES string of the molecule is COCCNCC(=O)NC(C)c1nc(-c2cccc(OC)c2)no1. The number of benzene rings is 1. The minimum absolute atomic E-state index is 0.153. The van der Waals surface area contributed by atoms with Crippen LogP contribution in [0.4, 0.5) is 0 Å². The highest BCUT2D eigenvalue weighted by molar-refractivity contribution is 5.78. The quantitative estimate of drug-likeness (QED) is 0.664. The van der Waals surface area contributed by atoms with Gasteiger partial charge in [0.2, 0.25) is 17.6 Å². The lowest BCUT2D eigenvalue weighted by Gasteiger charge is -2.10. The van der Waals surface area contributed by atoms with Crippen LogP contribution in [-0.2, 0) is 9.53 Å². The number of nitrogens with one attached hydrogen (secondary N) is 2. The van der Waals surface area contributed by atoms with Gasteiger partial charge >= 0.3 is 0 Å². The van der Waals surface area contributed by atoms with Crippen LogP contribution in [0.5, 0.6) is 5.75 Å². The molecular formula is C16H22N4O4. The molecule has 2 N–H and O–H groups in total. The van der Waals surface area contributed by atoms with Crippen LogP contribution in [0, 0.1) is 0 Å². The Kier molecular flexibility index (Phi) is 6.71. The summed E-state index contributed by atoms with van der Waals surface area (Å²) in [6.45, 7) is 3.15. The molecule has 0 spiro atoms. The lowest BCUT2D eigenvalue weighted by atomic mass is 10.2. The number of methoxy groups -OCH3 is 2. The maximum atomic E-state index is 11.8. The van der Waals surface area contributed by atoms with Crippen molar-refractivity contribution in [1.82, 2.24) is 20.8 Å². The van der Waals surface area contributed by atoms with Crippen molar-refractivity contribution in [1.29, 1.82) is 0 Å². The second-order valence-corrected chi connectivity index (χ2v) is 5.15. The minimum Gasteiger partial charge on any atom is -0.497 e. The summed E-state index contributed by atoms with van der Waals surface area (Å²) >= 11 is 0. The topological polar surface area (TPSA) is 98.5 Å². The van der Waals surface area contributed by atoms with E-state index in [9.17, 15) is 4.79 Å². The first-order chi connectivity index (χ1) is 11.6. The van der Waals surface area contributed by atoms with Crippen molar-refractivity contribution < 1.29 is 18.8 Å². The number of carbonyl (C=O) groups is 1. The number of amides is 1. The summed E-state index contributed by atoms with van der Waals surface area (Å²) in [7, 11) is 3.21. The predicted molar refractivity (Wildman–Crippen MR) is 87.6 cm³/mol. The largest absolute Gasteiger partial charge is 0.497 e. The van der Waals surface area contributed by atoms with E-state index in [1.807, 2.05) is 24.3 Å². The van der Waals surface area contributed by atoms with Gasteiger partial charge in [0.05, 0.1) is 20.3 Å². The van der Waals surface area contributed by atoms with Gasteiger partial charge in [-0.15, -0.1) is 0 Å². The van der Waals surface area contributed by atoms with Crippen LogP contribution >= 0.6 is 0 Å². The Labute approximate surface area is 140 Å². The van der Waals surface area contributed by atoms with E-state index in [4.69, 9.17) is 14.0 Å². The Hall–Kier alpha value is -2.45. The van der Waals surface area contributed by atoms with E-state index >= 15 is 0 Å². The Bertz CT molecular complexity index is 659. The van der Waals surface area contributed by atoms with Crippen LogP contribution in [0.1, 0.15) is 18.9 Å². The van der Waals surface area contributed by atoms with Crippen molar-refractivity contribution in [2.75, 3.05) is 33.9 Å². The molecule has 2 rings (SSSR count). The molecule has 0 radical (unpaired) electrons. The van der Waals surface area contributed by atoms with Crippen LogP contribution in [0.2, 0.25) is 0 Å². The van der Waals surface area contributed by atoms with Crippen LogP contribution < -0.4 is 15.4 Å². The van der Waals surface area contributed by atoms with E-state index in [2.05, 4.69) is 20.8 Å². The number of hydrogen-bond donors (Lipinski definition) is 2. The molecule has 24 heavy (non-hydrogen) atoms. The van der Waals surface area contributed by atoms with E-state index in [0.717, 1.165) is 5.56 Å². The Morgan fingerprint density at radius 1 is 1.38 bits per heavy atom. The van der Waals surface area contributed by atoms with Gasteiger partial charge in [-0.25, -0.2) is 0 Å². The maximum Gasteiger partial charge on any atom is 0.249 e. The average molecular weight is 334 g/mol. The van der Waals surface area contributed by atoms with E-state index in [1.165, 1.54) is 0 Å². The summed E-state index contributed by atoms with van der Waals surface area (Å²) in [6.07, 6.45) is 0. The third kappa shape index (κ3) is 5.04. The van der Waals surface area contributed by atoms with Crippen molar-refractivity contribution in [3.63, 3.8) is 0 Å². The summed E-state index contributed by atoms with van der Waals surface area (Å²) < 4.78 is 15.3. The molecule has 0 bridgehead atoms. The van der Waals surface area contributed by atoms with Gasteiger partial charge in [-0.3, -0.25) is 4.79 Å². The maximum absolute atomic E-state index is 11.8. The number of hydrogen-bond acceptors (Lipinski definition) is 7. The summed E-state index contributed by atoms with van der Waals surface area (Å²) in [6, 6.07) is 6.98. The van der Waals surface area contributed by atoms with Crippen molar-refractivity contribution in [3.05, 3.63) is 30.2 Å². The fourth-order valence-corrected chi connectivity index (χ4v) is 2.02. The van der Waals surface area contributed by atoms with Crippen molar-refractivity contribution >= 4 is 5.91 Å². The molecular weight excluding hydrogens is 312 g/mol. The fourth-order valence-electron chi connectivity index (χ4n) is 2.02. The molecule has 0 fully saturated rings. The van der Waals surface area contributed by atoms with Crippen LogP contribution in [0.3, 0.4) is 0 Å². The van der Waals surface area contributed by atoms with Gasteiger partial charge in [0.25, 0.3) is 0 Å². The molecule has 1 aromatic carbocycles.